The average molecular weight is 196 g/mol. The van der Waals surface area contributed by atoms with E-state index in [0.717, 1.165) is 12.3 Å². The summed E-state index contributed by atoms with van der Waals surface area (Å²) in [6.45, 7) is 0. The monoisotopic (exact) mass is 196 g/mol. The van der Waals surface area contributed by atoms with E-state index in [4.69, 9.17) is 10.2 Å². The molecule has 0 radical (unpaired) electrons. The maximum Gasteiger partial charge on any atom is 0.151 e. The van der Waals surface area contributed by atoms with Crippen LogP contribution in [0.4, 0.5) is 0 Å². The molecule has 0 saturated heterocycles. The van der Waals surface area contributed by atoms with Crippen LogP contribution >= 0.6 is 0 Å². The van der Waals surface area contributed by atoms with Crippen LogP contribution in [-0.4, -0.2) is 16.5 Å². The topological polar surface area (TPSA) is 40.5 Å². The van der Waals surface area contributed by atoms with E-state index >= 15 is 0 Å². The molecule has 2 atom stereocenters. The lowest BCUT2D eigenvalue weighted by atomic mass is 9.73. The zero-order valence-corrected chi connectivity index (χ0v) is 8.65. The summed E-state index contributed by atoms with van der Waals surface area (Å²) in [5, 5.41) is 17.6. The van der Waals surface area contributed by atoms with Gasteiger partial charge < -0.3 is 10.2 Å². The van der Waals surface area contributed by atoms with Gasteiger partial charge in [0.15, 0.2) is 6.29 Å². The molecule has 2 heteroatoms. The molecule has 0 aliphatic heterocycles. The quantitative estimate of drug-likeness (QED) is 0.536. The van der Waals surface area contributed by atoms with Crippen molar-refractivity contribution in [1.29, 1.82) is 0 Å². The van der Waals surface area contributed by atoms with Crippen LogP contribution in [0.25, 0.3) is 0 Å². The highest BCUT2D eigenvalue weighted by Crippen LogP contribution is 2.39. The van der Waals surface area contributed by atoms with Gasteiger partial charge in [0.05, 0.1) is 0 Å². The van der Waals surface area contributed by atoms with Crippen LogP contribution in [-0.2, 0) is 0 Å². The van der Waals surface area contributed by atoms with Crippen molar-refractivity contribution in [3.8, 4) is 0 Å². The maximum absolute atomic E-state index is 8.82. The molecule has 1 saturated carbocycles. The fourth-order valence-electron chi connectivity index (χ4n) is 2.94. The van der Waals surface area contributed by atoms with Crippen LogP contribution in [0.5, 0.6) is 0 Å². The summed E-state index contributed by atoms with van der Waals surface area (Å²) in [4.78, 5) is 0. The van der Waals surface area contributed by atoms with Gasteiger partial charge in [-0.15, -0.1) is 0 Å². The fourth-order valence-corrected chi connectivity index (χ4v) is 2.94. The van der Waals surface area contributed by atoms with Gasteiger partial charge >= 0.3 is 0 Å². The molecule has 2 aliphatic rings. The van der Waals surface area contributed by atoms with Crippen molar-refractivity contribution in [1.82, 2.24) is 0 Å². The molecular weight excluding hydrogens is 176 g/mol. The standard InChI is InChI=1S/C12H20O2/c13-12(14)5-4-11-7-9-2-1-3-10(6-9)8-11/h7,10-14H,1-6,8H2. The minimum Gasteiger partial charge on any atom is -0.368 e. The molecule has 2 aliphatic carbocycles. The molecular formula is C12H20O2. The highest BCUT2D eigenvalue weighted by molar-refractivity contribution is 5.12. The molecule has 0 aromatic rings. The van der Waals surface area contributed by atoms with Gasteiger partial charge in [-0.1, -0.05) is 11.6 Å². The molecule has 2 unspecified atom stereocenters. The van der Waals surface area contributed by atoms with E-state index in [1.807, 2.05) is 0 Å². The van der Waals surface area contributed by atoms with Crippen molar-refractivity contribution in [2.45, 2.75) is 51.2 Å². The zero-order chi connectivity index (χ0) is 9.97. The highest BCUT2D eigenvalue weighted by Gasteiger charge is 2.25. The van der Waals surface area contributed by atoms with E-state index in [1.54, 1.807) is 5.57 Å². The molecule has 0 amide bonds. The van der Waals surface area contributed by atoms with Crippen molar-refractivity contribution in [2.75, 3.05) is 0 Å². The molecule has 14 heavy (non-hydrogen) atoms. The van der Waals surface area contributed by atoms with E-state index in [1.165, 1.54) is 32.1 Å². The predicted octanol–water partition coefficient (Wildman–Crippen LogP) is 2.21. The molecule has 0 spiro atoms. The van der Waals surface area contributed by atoms with Crippen molar-refractivity contribution in [3.05, 3.63) is 11.6 Å². The van der Waals surface area contributed by atoms with Gasteiger partial charge in [-0.3, -0.25) is 0 Å². The first kappa shape index (κ1) is 10.2. The second-order valence-electron chi connectivity index (χ2n) is 4.84. The molecule has 2 nitrogen and oxygen atoms in total. The fraction of sp³-hybridized carbons (Fsp3) is 0.833. The number of hydrogen-bond acceptors (Lipinski definition) is 2. The predicted molar refractivity (Wildman–Crippen MR) is 55.6 cm³/mol. The van der Waals surface area contributed by atoms with Gasteiger partial charge in [0, 0.05) is 0 Å². The first-order valence-corrected chi connectivity index (χ1v) is 5.80. The second kappa shape index (κ2) is 4.45. The number of allylic oxidation sites excluding steroid dienone is 2. The summed E-state index contributed by atoms with van der Waals surface area (Å²) in [6, 6.07) is 0. The summed E-state index contributed by atoms with van der Waals surface area (Å²) >= 11 is 0. The molecule has 80 valence electrons. The summed E-state index contributed by atoms with van der Waals surface area (Å²) < 4.78 is 0. The third-order valence-electron chi connectivity index (χ3n) is 3.56. The average Bonchev–Trinajstić information content (AvgIpc) is 2.14. The Balaban J connectivity index is 1.88. The Kier molecular flexibility index (Phi) is 3.24. The van der Waals surface area contributed by atoms with Gasteiger partial charge in [0.2, 0.25) is 0 Å². The Morgan fingerprint density at radius 1 is 1.43 bits per heavy atom. The third kappa shape index (κ3) is 2.58. The first-order chi connectivity index (χ1) is 6.74. The van der Waals surface area contributed by atoms with Gasteiger partial charge in [0.1, 0.15) is 0 Å². The van der Waals surface area contributed by atoms with Gasteiger partial charge in [-0.2, -0.15) is 0 Å². The Labute approximate surface area is 85.6 Å². The SMILES string of the molecule is OC(O)CCC1C=C2CCCC(C2)C1. The minimum atomic E-state index is -1.12. The number of fused-ring (bicyclic) bond motifs is 2. The van der Waals surface area contributed by atoms with Crippen LogP contribution in [0, 0.1) is 11.8 Å². The lowest BCUT2D eigenvalue weighted by molar-refractivity contribution is -0.0485. The van der Waals surface area contributed by atoms with Gasteiger partial charge in [0.25, 0.3) is 0 Å². The third-order valence-corrected chi connectivity index (χ3v) is 3.56. The van der Waals surface area contributed by atoms with E-state index in [9.17, 15) is 0 Å². The van der Waals surface area contributed by atoms with Crippen molar-refractivity contribution in [2.24, 2.45) is 11.8 Å². The second-order valence-corrected chi connectivity index (χ2v) is 4.84. The smallest absolute Gasteiger partial charge is 0.151 e. The van der Waals surface area contributed by atoms with E-state index < -0.39 is 6.29 Å². The van der Waals surface area contributed by atoms with Crippen LogP contribution in [0.15, 0.2) is 11.6 Å². The summed E-state index contributed by atoms with van der Waals surface area (Å²) in [6.07, 6.45) is 9.39. The molecule has 2 rings (SSSR count). The van der Waals surface area contributed by atoms with Crippen molar-refractivity contribution < 1.29 is 10.2 Å². The minimum absolute atomic E-state index is 0.529. The number of aliphatic hydroxyl groups is 2. The Hall–Kier alpha value is -0.340. The van der Waals surface area contributed by atoms with Crippen LogP contribution in [0.2, 0.25) is 0 Å². The largest absolute Gasteiger partial charge is 0.368 e. The van der Waals surface area contributed by atoms with Crippen LogP contribution < -0.4 is 0 Å². The molecule has 1 fully saturated rings. The Morgan fingerprint density at radius 2 is 2.29 bits per heavy atom. The van der Waals surface area contributed by atoms with Crippen molar-refractivity contribution in [3.63, 3.8) is 0 Å². The summed E-state index contributed by atoms with van der Waals surface area (Å²) in [5.41, 5.74) is 1.63. The van der Waals surface area contributed by atoms with Gasteiger partial charge in [-0.05, 0) is 56.8 Å². The van der Waals surface area contributed by atoms with Crippen molar-refractivity contribution >= 4 is 0 Å². The summed E-state index contributed by atoms with van der Waals surface area (Å²) in [5.74, 6) is 1.51. The highest BCUT2D eigenvalue weighted by atomic mass is 16.5. The lowest BCUT2D eigenvalue weighted by Gasteiger charge is -2.33. The summed E-state index contributed by atoms with van der Waals surface area (Å²) in [7, 11) is 0. The molecule has 0 heterocycles. The zero-order valence-electron chi connectivity index (χ0n) is 8.65. The van der Waals surface area contributed by atoms with E-state index in [2.05, 4.69) is 6.08 Å². The van der Waals surface area contributed by atoms with Gasteiger partial charge in [-0.25, -0.2) is 0 Å². The molecule has 2 bridgehead atoms. The first-order valence-electron chi connectivity index (χ1n) is 5.80. The number of hydrogen-bond donors (Lipinski definition) is 2. The molecule has 2 N–H and O–H groups in total. The number of aliphatic hydroxyl groups excluding tert-OH is 1. The van der Waals surface area contributed by atoms with Crippen LogP contribution in [0.1, 0.15) is 44.9 Å². The normalized spacial score (nSPS) is 31.8. The van der Waals surface area contributed by atoms with E-state index in [-0.39, 0.29) is 0 Å². The molecule has 0 aromatic heterocycles. The Morgan fingerprint density at radius 3 is 3.00 bits per heavy atom. The maximum atomic E-state index is 8.82. The lowest BCUT2D eigenvalue weighted by Crippen LogP contribution is -2.19. The van der Waals surface area contributed by atoms with Crippen LogP contribution in [0.3, 0.4) is 0 Å². The number of rotatable bonds is 3. The Bertz CT molecular complexity index is 220. The van der Waals surface area contributed by atoms with E-state index in [0.29, 0.717) is 12.3 Å². The molecule has 0 aromatic carbocycles.